The van der Waals surface area contributed by atoms with Gasteiger partial charge >= 0.3 is 11.9 Å². The number of nitrogens with one attached hydrogen (secondary N) is 2. The van der Waals surface area contributed by atoms with Crippen LogP contribution in [-0.4, -0.2) is 65.8 Å². The van der Waals surface area contributed by atoms with Gasteiger partial charge in [-0.05, 0) is 53.9 Å². The first-order valence-corrected chi connectivity index (χ1v) is 15.0. The third kappa shape index (κ3) is 7.82. The van der Waals surface area contributed by atoms with Crippen molar-refractivity contribution in [2.45, 2.75) is 25.5 Å². The summed E-state index contributed by atoms with van der Waals surface area (Å²) in [4.78, 5) is 55.2. The molecule has 2 amide bonds. The molecule has 11 nitrogen and oxygen atoms in total. The van der Waals surface area contributed by atoms with E-state index >= 15 is 0 Å². The molecule has 0 spiro atoms. The molecule has 4 aromatic rings. The molecule has 47 heavy (non-hydrogen) atoms. The molecule has 1 aliphatic heterocycles. The average molecular weight is 634 g/mol. The molecule has 1 heterocycles. The number of carboxylic acid groups (broad SMARTS) is 1. The summed E-state index contributed by atoms with van der Waals surface area (Å²) in [7, 11) is 1.75. The predicted octanol–water partition coefficient (Wildman–Crippen LogP) is 4.56. The van der Waals surface area contributed by atoms with E-state index < -0.39 is 29.7 Å². The maximum atomic E-state index is 13.9. The second kappa shape index (κ2) is 14.4. The third-order valence-electron chi connectivity index (χ3n) is 8.06. The van der Waals surface area contributed by atoms with Crippen LogP contribution in [0, 0.1) is 5.41 Å². The summed E-state index contributed by atoms with van der Waals surface area (Å²) in [6, 6.07) is 27.5. The van der Waals surface area contributed by atoms with Gasteiger partial charge in [-0.25, -0.2) is 4.79 Å². The number of hydrogen-bond donors (Lipinski definition) is 4. The highest BCUT2D eigenvalue weighted by Crippen LogP contribution is 2.31. The fourth-order valence-corrected chi connectivity index (χ4v) is 5.52. The number of amides is 2. The minimum atomic E-state index is -0.971. The predicted molar refractivity (Wildman–Crippen MR) is 178 cm³/mol. The number of nitrogens with two attached hydrogens (primary N) is 1. The number of esters is 1. The van der Waals surface area contributed by atoms with E-state index in [0.717, 1.165) is 11.1 Å². The summed E-state index contributed by atoms with van der Waals surface area (Å²) in [5, 5.41) is 20.4. The number of aliphatic carboxylic acids is 1. The fraction of sp³-hybridized carbons (Fsp3) is 0.194. The van der Waals surface area contributed by atoms with Crippen molar-refractivity contribution in [3.05, 3.63) is 130 Å². The highest BCUT2D eigenvalue weighted by Gasteiger charge is 2.32. The summed E-state index contributed by atoms with van der Waals surface area (Å²) < 4.78 is 5.38. The topological polar surface area (TPSA) is 166 Å². The minimum absolute atomic E-state index is 0.0471. The zero-order valence-electron chi connectivity index (χ0n) is 25.8. The number of fused-ring (bicyclic) bond motifs is 1. The van der Waals surface area contributed by atoms with Crippen molar-refractivity contribution in [2.75, 3.05) is 30.4 Å². The highest BCUT2D eigenvalue weighted by atomic mass is 16.5. The number of rotatable bonds is 11. The van der Waals surface area contributed by atoms with Gasteiger partial charge in [0.05, 0.1) is 29.2 Å². The number of carboxylic acids is 1. The molecule has 11 heteroatoms. The van der Waals surface area contributed by atoms with Crippen molar-refractivity contribution in [2.24, 2.45) is 5.73 Å². The van der Waals surface area contributed by atoms with Gasteiger partial charge in [-0.3, -0.25) is 19.8 Å². The van der Waals surface area contributed by atoms with Crippen molar-refractivity contribution >= 4 is 41.0 Å². The fourth-order valence-electron chi connectivity index (χ4n) is 5.52. The molecule has 0 aromatic heterocycles. The molecule has 4 aromatic carbocycles. The van der Waals surface area contributed by atoms with Gasteiger partial charge in [0.25, 0.3) is 11.8 Å². The molecule has 0 aliphatic carbocycles. The van der Waals surface area contributed by atoms with Gasteiger partial charge in [0.2, 0.25) is 0 Å². The number of carbonyl (C=O) groups is 4. The number of benzene rings is 4. The van der Waals surface area contributed by atoms with Crippen molar-refractivity contribution < 1.29 is 29.0 Å². The van der Waals surface area contributed by atoms with Crippen LogP contribution in [0.15, 0.2) is 97.1 Å². The van der Waals surface area contributed by atoms with Crippen molar-refractivity contribution in [1.29, 1.82) is 5.41 Å². The summed E-state index contributed by atoms with van der Waals surface area (Å²) in [6.45, 7) is 0.655. The largest absolute Gasteiger partial charge is 0.481 e. The quantitative estimate of drug-likeness (QED) is 0.106. The standard InChI is InChI=1S/C36H35N5O6/c1-40-27(20-32(42)43)21-41(17-16-23-8-4-2-5-9-23)35(45)30-19-26(13-15-31(30)40)39-34(44)28-14-12-25(18-29(28)33(37)38)36(46)47-22-24-10-6-3-7-11-24/h2-15,18-19,27H,16-17,20-22H2,1H3,(H3,37,38)(H,39,44)(H,42,43)/t27-/m1/s1. The van der Waals surface area contributed by atoms with Gasteiger partial charge in [-0.2, -0.15) is 0 Å². The van der Waals surface area contributed by atoms with Crippen LogP contribution in [-0.2, 0) is 22.6 Å². The lowest BCUT2D eigenvalue weighted by Gasteiger charge is -2.30. The van der Waals surface area contributed by atoms with E-state index in [-0.39, 0.29) is 42.2 Å². The SMILES string of the molecule is CN1c2ccc(NC(=O)c3ccc(C(=O)OCc4ccccc4)cc3C(=N)N)cc2C(=O)N(CCc2ccccc2)C[C@H]1CC(=O)O. The summed E-state index contributed by atoms with van der Waals surface area (Å²) in [6.07, 6.45) is 0.429. The van der Waals surface area contributed by atoms with Gasteiger partial charge in [0.1, 0.15) is 12.4 Å². The molecule has 0 unspecified atom stereocenters. The van der Waals surface area contributed by atoms with Crippen LogP contribution >= 0.6 is 0 Å². The lowest BCUT2D eigenvalue weighted by atomic mass is 10.0. The van der Waals surface area contributed by atoms with Crippen LogP contribution in [0.1, 0.15) is 54.2 Å². The number of likely N-dealkylation sites (N-methyl/N-ethyl adjacent to an activating group) is 1. The Bertz CT molecular complexity index is 1810. The Hall–Kier alpha value is -5.97. The molecule has 1 aliphatic rings. The van der Waals surface area contributed by atoms with Crippen molar-refractivity contribution in [1.82, 2.24) is 4.90 Å². The van der Waals surface area contributed by atoms with Crippen molar-refractivity contribution in [3.63, 3.8) is 0 Å². The van der Waals surface area contributed by atoms with E-state index in [9.17, 15) is 24.3 Å². The number of nitrogen functional groups attached to an aromatic ring is 1. The molecular weight excluding hydrogens is 598 g/mol. The van der Waals surface area contributed by atoms with Crippen LogP contribution in [0.3, 0.4) is 0 Å². The Labute approximate surface area is 272 Å². The molecule has 0 saturated carbocycles. The molecule has 1 atom stereocenters. The van der Waals surface area contributed by atoms with E-state index in [1.807, 2.05) is 60.7 Å². The van der Waals surface area contributed by atoms with Crippen LogP contribution in [0.2, 0.25) is 0 Å². The number of hydrogen-bond acceptors (Lipinski definition) is 7. The summed E-state index contributed by atoms with van der Waals surface area (Å²) >= 11 is 0. The van der Waals surface area contributed by atoms with Gasteiger partial charge in [0, 0.05) is 37.1 Å². The lowest BCUT2D eigenvalue weighted by molar-refractivity contribution is -0.137. The molecular formula is C36H35N5O6. The lowest BCUT2D eigenvalue weighted by Crippen LogP contribution is -2.43. The van der Waals surface area contributed by atoms with Gasteiger partial charge in [0.15, 0.2) is 0 Å². The van der Waals surface area contributed by atoms with Gasteiger partial charge in [-0.1, -0.05) is 60.7 Å². The summed E-state index contributed by atoms with van der Waals surface area (Å²) in [5.41, 5.74) is 9.08. The molecule has 0 saturated heterocycles. The molecule has 0 bridgehead atoms. The average Bonchev–Trinajstić information content (AvgIpc) is 3.16. The van der Waals surface area contributed by atoms with E-state index in [0.29, 0.717) is 29.9 Å². The first-order chi connectivity index (χ1) is 22.6. The Kier molecular flexibility index (Phi) is 9.95. The first kappa shape index (κ1) is 32.4. The van der Waals surface area contributed by atoms with Crippen LogP contribution < -0.4 is 16.0 Å². The van der Waals surface area contributed by atoms with E-state index in [4.69, 9.17) is 15.9 Å². The van der Waals surface area contributed by atoms with E-state index in [2.05, 4.69) is 5.32 Å². The zero-order chi connectivity index (χ0) is 33.5. The second-order valence-corrected chi connectivity index (χ2v) is 11.3. The monoisotopic (exact) mass is 633 g/mol. The van der Waals surface area contributed by atoms with Crippen LogP contribution in [0.5, 0.6) is 0 Å². The molecule has 240 valence electrons. The number of anilines is 2. The van der Waals surface area contributed by atoms with E-state index in [1.54, 1.807) is 35.0 Å². The maximum absolute atomic E-state index is 13.9. The first-order valence-electron chi connectivity index (χ1n) is 15.0. The highest BCUT2D eigenvalue weighted by molar-refractivity contribution is 6.14. The number of ether oxygens (including phenoxy) is 1. The third-order valence-corrected chi connectivity index (χ3v) is 8.06. The van der Waals surface area contributed by atoms with Crippen molar-refractivity contribution in [3.8, 4) is 0 Å². The normalized spacial score (nSPS) is 14.1. The second-order valence-electron chi connectivity index (χ2n) is 11.3. The summed E-state index contributed by atoms with van der Waals surface area (Å²) in [5.74, 6) is -2.89. The maximum Gasteiger partial charge on any atom is 0.338 e. The molecule has 5 N–H and O–H groups in total. The Balaban J connectivity index is 1.37. The molecule has 5 rings (SSSR count). The Morgan fingerprint density at radius 1 is 0.936 bits per heavy atom. The van der Waals surface area contributed by atoms with Gasteiger partial charge < -0.3 is 30.7 Å². The van der Waals surface area contributed by atoms with E-state index in [1.165, 1.54) is 18.2 Å². The number of amidine groups is 1. The molecule has 0 radical (unpaired) electrons. The Morgan fingerprint density at radius 3 is 2.28 bits per heavy atom. The smallest absolute Gasteiger partial charge is 0.338 e. The Morgan fingerprint density at radius 2 is 1.62 bits per heavy atom. The van der Waals surface area contributed by atoms with Gasteiger partial charge in [-0.15, -0.1) is 0 Å². The number of carbonyl (C=O) groups excluding carboxylic acids is 3. The van der Waals surface area contributed by atoms with Crippen LogP contribution in [0.4, 0.5) is 11.4 Å². The number of nitrogens with zero attached hydrogens (tertiary/aromatic N) is 2. The zero-order valence-corrected chi connectivity index (χ0v) is 25.8. The van der Waals surface area contributed by atoms with Crippen LogP contribution in [0.25, 0.3) is 0 Å². The molecule has 0 fully saturated rings. The minimum Gasteiger partial charge on any atom is -0.481 e.